The molecule has 1 aliphatic rings. The number of benzene rings is 1. The predicted molar refractivity (Wildman–Crippen MR) is 83.4 cm³/mol. The van der Waals surface area contributed by atoms with Crippen LogP contribution in [-0.2, 0) is 0 Å². The topological polar surface area (TPSA) is 12.0 Å². The standard InChI is InChI=1S/C18H27F2N/c1-4-10-21-12-13-8-9-18(2,3)11-15(13)14-6-5-7-16(19)17(14)20/h5-7,13,15,21H,4,8-12H2,1-3H3. The summed E-state index contributed by atoms with van der Waals surface area (Å²) >= 11 is 0. The van der Waals surface area contributed by atoms with Crippen LogP contribution in [0.15, 0.2) is 18.2 Å². The molecule has 0 amide bonds. The lowest BCUT2D eigenvalue weighted by atomic mass is 9.65. The molecule has 2 unspecified atom stereocenters. The van der Waals surface area contributed by atoms with E-state index in [2.05, 4.69) is 26.1 Å². The Morgan fingerprint density at radius 1 is 1.29 bits per heavy atom. The lowest BCUT2D eigenvalue weighted by Gasteiger charge is -2.41. The lowest BCUT2D eigenvalue weighted by Crippen LogP contribution is -2.35. The third-order valence-electron chi connectivity index (χ3n) is 4.75. The molecule has 3 heteroatoms. The summed E-state index contributed by atoms with van der Waals surface area (Å²) in [7, 11) is 0. The van der Waals surface area contributed by atoms with Gasteiger partial charge in [-0.15, -0.1) is 0 Å². The van der Waals surface area contributed by atoms with E-state index in [0.29, 0.717) is 11.5 Å². The Labute approximate surface area is 127 Å². The first-order chi connectivity index (χ1) is 9.94. The van der Waals surface area contributed by atoms with E-state index in [1.54, 1.807) is 12.1 Å². The highest BCUT2D eigenvalue weighted by Gasteiger charge is 2.36. The van der Waals surface area contributed by atoms with E-state index in [0.717, 1.165) is 38.8 Å². The molecule has 0 spiro atoms. The first kappa shape index (κ1) is 16.4. The van der Waals surface area contributed by atoms with E-state index in [9.17, 15) is 8.78 Å². The second kappa shape index (κ2) is 6.87. The van der Waals surface area contributed by atoms with Gasteiger partial charge < -0.3 is 5.32 Å². The molecule has 1 N–H and O–H groups in total. The molecule has 1 saturated carbocycles. The van der Waals surface area contributed by atoms with Crippen LogP contribution in [-0.4, -0.2) is 13.1 Å². The van der Waals surface area contributed by atoms with Crippen LogP contribution in [0.25, 0.3) is 0 Å². The maximum atomic E-state index is 14.2. The van der Waals surface area contributed by atoms with E-state index in [4.69, 9.17) is 0 Å². The monoisotopic (exact) mass is 295 g/mol. The van der Waals surface area contributed by atoms with Crippen LogP contribution in [0.5, 0.6) is 0 Å². The Kier molecular flexibility index (Phi) is 5.37. The van der Waals surface area contributed by atoms with E-state index in [1.165, 1.54) is 6.07 Å². The molecule has 118 valence electrons. The van der Waals surface area contributed by atoms with E-state index in [1.807, 2.05) is 0 Å². The van der Waals surface area contributed by atoms with Crippen molar-refractivity contribution in [3.05, 3.63) is 35.4 Å². The Balaban J connectivity index is 2.22. The van der Waals surface area contributed by atoms with Crippen molar-refractivity contribution in [3.8, 4) is 0 Å². The van der Waals surface area contributed by atoms with Gasteiger partial charge in [-0.25, -0.2) is 8.78 Å². The van der Waals surface area contributed by atoms with Crippen molar-refractivity contribution in [1.82, 2.24) is 5.32 Å². The van der Waals surface area contributed by atoms with Crippen LogP contribution in [0.3, 0.4) is 0 Å². The Morgan fingerprint density at radius 3 is 2.76 bits per heavy atom. The van der Waals surface area contributed by atoms with Crippen LogP contribution in [0.1, 0.15) is 57.9 Å². The van der Waals surface area contributed by atoms with E-state index >= 15 is 0 Å². The summed E-state index contributed by atoms with van der Waals surface area (Å²) in [6.45, 7) is 8.48. The largest absolute Gasteiger partial charge is 0.316 e. The van der Waals surface area contributed by atoms with Crippen molar-refractivity contribution >= 4 is 0 Å². The first-order valence-corrected chi connectivity index (χ1v) is 8.09. The Morgan fingerprint density at radius 2 is 2.05 bits per heavy atom. The molecule has 0 bridgehead atoms. The van der Waals surface area contributed by atoms with Crippen molar-refractivity contribution in [3.63, 3.8) is 0 Å². The maximum Gasteiger partial charge on any atom is 0.162 e. The summed E-state index contributed by atoms with van der Waals surface area (Å²) in [5.41, 5.74) is 0.760. The van der Waals surface area contributed by atoms with Gasteiger partial charge in [0, 0.05) is 0 Å². The normalized spacial score (nSPS) is 25.0. The van der Waals surface area contributed by atoms with Gasteiger partial charge in [-0.05, 0) is 67.7 Å². The predicted octanol–water partition coefficient (Wildman–Crippen LogP) is 4.87. The zero-order valence-electron chi connectivity index (χ0n) is 13.4. The smallest absolute Gasteiger partial charge is 0.162 e. The van der Waals surface area contributed by atoms with Gasteiger partial charge in [-0.1, -0.05) is 32.9 Å². The second-order valence-corrected chi connectivity index (χ2v) is 7.12. The zero-order chi connectivity index (χ0) is 15.5. The molecule has 0 radical (unpaired) electrons. The van der Waals surface area contributed by atoms with Crippen molar-refractivity contribution < 1.29 is 8.78 Å². The molecule has 0 heterocycles. The fraction of sp³-hybridized carbons (Fsp3) is 0.667. The van der Waals surface area contributed by atoms with Crippen LogP contribution >= 0.6 is 0 Å². The fourth-order valence-electron chi connectivity index (χ4n) is 3.52. The molecule has 1 aromatic carbocycles. The SMILES string of the molecule is CCCNCC1CCC(C)(C)CC1c1cccc(F)c1F. The molecule has 0 saturated heterocycles. The van der Waals surface area contributed by atoms with Gasteiger partial charge in [0.1, 0.15) is 0 Å². The molecule has 21 heavy (non-hydrogen) atoms. The molecule has 0 aliphatic heterocycles. The fourth-order valence-corrected chi connectivity index (χ4v) is 3.52. The minimum absolute atomic E-state index is 0.105. The van der Waals surface area contributed by atoms with Crippen LogP contribution in [0.4, 0.5) is 8.78 Å². The zero-order valence-corrected chi connectivity index (χ0v) is 13.4. The maximum absolute atomic E-state index is 14.2. The van der Waals surface area contributed by atoms with Gasteiger partial charge in [0.2, 0.25) is 0 Å². The highest BCUT2D eigenvalue weighted by Crippen LogP contribution is 2.47. The molecule has 1 aliphatic carbocycles. The van der Waals surface area contributed by atoms with Crippen molar-refractivity contribution in [1.29, 1.82) is 0 Å². The van der Waals surface area contributed by atoms with Crippen LogP contribution < -0.4 is 5.32 Å². The lowest BCUT2D eigenvalue weighted by molar-refractivity contribution is 0.157. The van der Waals surface area contributed by atoms with Gasteiger partial charge >= 0.3 is 0 Å². The average Bonchev–Trinajstić information content (AvgIpc) is 2.43. The highest BCUT2D eigenvalue weighted by molar-refractivity contribution is 5.25. The molecule has 1 aromatic rings. The number of hydrogen-bond donors (Lipinski definition) is 1. The van der Waals surface area contributed by atoms with Gasteiger partial charge in [0.25, 0.3) is 0 Å². The van der Waals surface area contributed by atoms with E-state index < -0.39 is 11.6 Å². The molecule has 1 fully saturated rings. The Bertz CT molecular complexity index is 470. The Hall–Kier alpha value is -0.960. The summed E-state index contributed by atoms with van der Waals surface area (Å²) in [6.07, 6.45) is 4.24. The highest BCUT2D eigenvalue weighted by atomic mass is 19.2. The molecular formula is C18H27F2N. The average molecular weight is 295 g/mol. The van der Waals surface area contributed by atoms with Crippen molar-refractivity contribution in [2.75, 3.05) is 13.1 Å². The number of nitrogens with one attached hydrogen (secondary N) is 1. The summed E-state index contributed by atoms with van der Waals surface area (Å²) in [5, 5.41) is 3.45. The van der Waals surface area contributed by atoms with E-state index in [-0.39, 0.29) is 11.3 Å². The van der Waals surface area contributed by atoms with Gasteiger partial charge in [0.15, 0.2) is 11.6 Å². The second-order valence-electron chi connectivity index (χ2n) is 7.12. The van der Waals surface area contributed by atoms with Gasteiger partial charge in [-0.3, -0.25) is 0 Å². The number of hydrogen-bond acceptors (Lipinski definition) is 1. The molecule has 1 nitrogen and oxygen atoms in total. The molecule has 0 aromatic heterocycles. The summed E-state index contributed by atoms with van der Waals surface area (Å²) < 4.78 is 27.8. The molecular weight excluding hydrogens is 268 g/mol. The van der Waals surface area contributed by atoms with Gasteiger partial charge in [-0.2, -0.15) is 0 Å². The third-order valence-corrected chi connectivity index (χ3v) is 4.75. The summed E-state index contributed by atoms with van der Waals surface area (Å²) in [5.74, 6) is -0.883. The van der Waals surface area contributed by atoms with Gasteiger partial charge in [0.05, 0.1) is 0 Å². The minimum Gasteiger partial charge on any atom is -0.316 e. The summed E-state index contributed by atoms with van der Waals surface area (Å²) in [6, 6.07) is 4.60. The summed E-state index contributed by atoms with van der Waals surface area (Å²) in [4.78, 5) is 0. The molecule has 2 atom stereocenters. The van der Waals surface area contributed by atoms with Crippen molar-refractivity contribution in [2.45, 2.75) is 52.4 Å². The quantitative estimate of drug-likeness (QED) is 0.764. The van der Waals surface area contributed by atoms with Crippen LogP contribution in [0, 0.1) is 23.0 Å². The van der Waals surface area contributed by atoms with Crippen molar-refractivity contribution in [2.24, 2.45) is 11.3 Å². The molecule has 2 rings (SSSR count). The third kappa shape index (κ3) is 4.03. The van der Waals surface area contributed by atoms with Crippen LogP contribution in [0.2, 0.25) is 0 Å². The first-order valence-electron chi connectivity index (χ1n) is 8.09. The minimum atomic E-state index is -0.726. The number of rotatable bonds is 5. The number of halogens is 2.